The Kier molecular flexibility index (Phi) is 6.48. The summed E-state index contributed by atoms with van der Waals surface area (Å²) in [5, 5.41) is 0. The van der Waals surface area contributed by atoms with Gasteiger partial charge in [-0.25, -0.2) is 9.59 Å². The molecule has 28 heavy (non-hydrogen) atoms. The molecule has 0 spiro atoms. The molecule has 0 amide bonds. The van der Waals surface area contributed by atoms with Gasteiger partial charge in [-0.2, -0.15) is 0 Å². The van der Waals surface area contributed by atoms with Crippen molar-refractivity contribution in [3.63, 3.8) is 0 Å². The molecule has 0 aliphatic rings. The molecule has 0 fully saturated rings. The first-order valence-corrected chi connectivity index (χ1v) is 9.42. The van der Waals surface area contributed by atoms with Gasteiger partial charge in [-0.15, -0.1) is 0 Å². The molecular weight excluding hydrogens is 360 g/mol. The number of ketones is 1. The SMILES string of the molecule is CCOC(=O)c1c(C)[nH]c(C(=O)[C@@H](C)OC(=O)c2cc(C)n(CC)c2C)c1C. The zero-order valence-corrected chi connectivity index (χ0v) is 17.6. The van der Waals surface area contributed by atoms with Crippen molar-refractivity contribution in [3.05, 3.63) is 45.5 Å². The molecule has 2 heterocycles. The average molecular weight is 388 g/mol. The normalized spacial score (nSPS) is 12.0. The Labute approximate surface area is 165 Å². The lowest BCUT2D eigenvalue weighted by atomic mass is 10.1. The summed E-state index contributed by atoms with van der Waals surface area (Å²) >= 11 is 0. The van der Waals surface area contributed by atoms with Gasteiger partial charge in [0.25, 0.3) is 0 Å². The predicted molar refractivity (Wildman–Crippen MR) is 105 cm³/mol. The summed E-state index contributed by atoms with van der Waals surface area (Å²) in [6.45, 7) is 13.4. The van der Waals surface area contributed by atoms with Crippen LogP contribution in [0.2, 0.25) is 0 Å². The van der Waals surface area contributed by atoms with Gasteiger partial charge in [-0.1, -0.05) is 0 Å². The van der Waals surface area contributed by atoms with Crippen LogP contribution in [0.4, 0.5) is 0 Å². The Hall–Kier alpha value is -2.83. The third-order valence-corrected chi connectivity index (χ3v) is 4.93. The molecule has 2 rings (SSSR count). The molecule has 0 radical (unpaired) electrons. The Morgan fingerprint density at radius 1 is 1.11 bits per heavy atom. The molecule has 1 N–H and O–H groups in total. The van der Waals surface area contributed by atoms with Crippen LogP contribution >= 0.6 is 0 Å². The number of aryl methyl sites for hydroxylation is 2. The van der Waals surface area contributed by atoms with Crippen molar-refractivity contribution in [1.82, 2.24) is 9.55 Å². The fourth-order valence-electron chi connectivity index (χ4n) is 3.48. The highest BCUT2D eigenvalue weighted by atomic mass is 16.5. The largest absolute Gasteiger partial charge is 0.462 e. The minimum atomic E-state index is -0.996. The average Bonchev–Trinajstić information content (AvgIpc) is 3.09. The lowest BCUT2D eigenvalue weighted by Gasteiger charge is -2.12. The molecule has 0 aliphatic carbocycles. The number of aromatic amines is 1. The van der Waals surface area contributed by atoms with Gasteiger partial charge in [0.05, 0.1) is 23.4 Å². The number of nitrogens with one attached hydrogen (secondary N) is 1. The molecular formula is C21H28N2O5. The molecule has 1 atom stereocenters. The van der Waals surface area contributed by atoms with Crippen molar-refractivity contribution >= 4 is 17.7 Å². The van der Waals surface area contributed by atoms with E-state index < -0.39 is 23.8 Å². The smallest absolute Gasteiger partial charge is 0.340 e. The van der Waals surface area contributed by atoms with Gasteiger partial charge in [-0.3, -0.25) is 4.79 Å². The maximum absolute atomic E-state index is 12.8. The van der Waals surface area contributed by atoms with Gasteiger partial charge in [0.1, 0.15) is 0 Å². The summed E-state index contributed by atoms with van der Waals surface area (Å²) in [5.74, 6) is -1.42. The van der Waals surface area contributed by atoms with Crippen LogP contribution in [0.5, 0.6) is 0 Å². The van der Waals surface area contributed by atoms with Crippen LogP contribution in [0.3, 0.4) is 0 Å². The monoisotopic (exact) mass is 388 g/mol. The molecule has 7 heteroatoms. The third-order valence-electron chi connectivity index (χ3n) is 4.93. The van der Waals surface area contributed by atoms with E-state index in [-0.39, 0.29) is 12.3 Å². The lowest BCUT2D eigenvalue weighted by molar-refractivity contribution is 0.0316. The summed E-state index contributed by atoms with van der Waals surface area (Å²) in [6.07, 6.45) is -0.996. The Balaban J connectivity index is 2.23. The van der Waals surface area contributed by atoms with Crippen LogP contribution in [-0.4, -0.2) is 40.0 Å². The van der Waals surface area contributed by atoms with E-state index in [0.717, 1.165) is 17.9 Å². The van der Waals surface area contributed by atoms with E-state index >= 15 is 0 Å². The number of esters is 2. The van der Waals surface area contributed by atoms with E-state index in [2.05, 4.69) is 4.98 Å². The number of aromatic nitrogens is 2. The van der Waals surface area contributed by atoms with Crippen LogP contribution in [0.15, 0.2) is 6.07 Å². The van der Waals surface area contributed by atoms with Crippen LogP contribution in [0.25, 0.3) is 0 Å². The number of nitrogens with zero attached hydrogens (tertiary/aromatic N) is 1. The van der Waals surface area contributed by atoms with Gasteiger partial charge in [0.2, 0.25) is 5.78 Å². The quantitative estimate of drug-likeness (QED) is 0.577. The number of hydrogen-bond donors (Lipinski definition) is 1. The second-order valence-corrected chi connectivity index (χ2v) is 6.79. The van der Waals surface area contributed by atoms with Crippen LogP contribution in [0, 0.1) is 27.7 Å². The highest BCUT2D eigenvalue weighted by molar-refractivity contribution is 6.04. The fourth-order valence-corrected chi connectivity index (χ4v) is 3.48. The van der Waals surface area contributed by atoms with E-state index in [4.69, 9.17) is 9.47 Å². The van der Waals surface area contributed by atoms with E-state index in [1.54, 1.807) is 26.8 Å². The second-order valence-electron chi connectivity index (χ2n) is 6.79. The standard InChI is InChI=1S/C21H28N2O5/c1-8-23-11(3)10-16(14(23)6)20(25)28-15(7)19(24)18-12(4)17(13(5)22-18)21(26)27-9-2/h10,15,22H,8-9H2,1-7H3/t15-/m1/s1. The minimum absolute atomic E-state index is 0.246. The van der Waals surface area contributed by atoms with Gasteiger partial charge in [0.15, 0.2) is 6.10 Å². The highest BCUT2D eigenvalue weighted by Crippen LogP contribution is 2.22. The first-order valence-electron chi connectivity index (χ1n) is 9.42. The van der Waals surface area contributed by atoms with E-state index in [1.807, 2.05) is 25.3 Å². The van der Waals surface area contributed by atoms with Crippen LogP contribution in [-0.2, 0) is 16.0 Å². The Morgan fingerprint density at radius 2 is 1.75 bits per heavy atom. The van der Waals surface area contributed by atoms with Crippen molar-refractivity contribution in [2.45, 2.75) is 61.1 Å². The fraction of sp³-hybridized carbons (Fsp3) is 0.476. The van der Waals surface area contributed by atoms with Gasteiger partial charge in [0, 0.05) is 23.6 Å². The second kappa shape index (κ2) is 8.46. The van der Waals surface area contributed by atoms with E-state index in [1.165, 1.54) is 6.92 Å². The Bertz CT molecular complexity index is 920. The molecule has 0 aliphatic heterocycles. The highest BCUT2D eigenvalue weighted by Gasteiger charge is 2.28. The molecule has 0 unspecified atom stereocenters. The molecule has 152 valence electrons. The first-order chi connectivity index (χ1) is 13.1. The van der Waals surface area contributed by atoms with Gasteiger partial charge in [-0.05, 0) is 60.1 Å². The summed E-state index contributed by atoms with van der Waals surface area (Å²) in [4.78, 5) is 40.4. The third kappa shape index (κ3) is 3.88. The number of H-pyrrole nitrogens is 1. The van der Waals surface area contributed by atoms with Crippen molar-refractivity contribution < 1.29 is 23.9 Å². The summed E-state index contributed by atoms with van der Waals surface area (Å²) in [5.41, 5.74) is 3.85. The number of carbonyl (C=O) groups is 3. The maximum Gasteiger partial charge on any atom is 0.340 e. The van der Waals surface area contributed by atoms with Crippen LogP contribution in [0.1, 0.15) is 74.6 Å². The molecule has 0 aromatic carbocycles. The number of carbonyl (C=O) groups excluding carboxylic acids is 3. The number of Topliss-reactive ketones (excluding diaryl/α,β-unsaturated/α-hetero) is 1. The zero-order valence-electron chi connectivity index (χ0n) is 17.6. The van der Waals surface area contributed by atoms with Crippen molar-refractivity contribution in [3.8, 4) is 0 Å². The number of ether oxygens (including phenoxy) is 2. The zero-order chi connectivity index (χ0) is 21.2. The molecule has 2 aromatic heterocycles. The van der Waals surface area contributed by atoms with Crippen molar-refractivity contribution in [2.75, 3.05) is 6.61 Å². The molecule has 7 nitrogen and oxygen atoms in total. The first kappa shape index (κ1) is 21.5. The topological polar surface area (TPSA) is 90.4 Å². The summed E-state index contributed by atoms with van der Waals surface area (Å²) < 4.78 is 12.5. The van der Waals surface area contributed by atoms with Crippen molar-refractivity contribution in [1.29, 1.82) is 0 Å². The van der Waals surface area contributed by atoms with Crippen LogP contribution < -0.4 is 0 Å². The van der Waals surface area contributed by atoms with Gasteiger partial charge < -0.3 is 19.0 Å². The summed E-state index contributed by atoms with van der Waals surface area (Å²) in [7, 11) is 0. The molecule has 0 saturated carbocycles. The Morgan fingerprint density at radius 3 is 2.29 bits per heavy atom. The predicted octanol–water partition coefficient (Wildman–Crippen LogP) is 3.67. The molecule has 2 aromatic rings. The van der Waals surface area contributed by atoms with Crippen molar-refractivity contribution in [2.24, 2.45) is 0 Å². The summed E-state index contributed by atoms with van der Waals surface area (Å²) in [6, 6.07) is 1.77. The number of rotatable bonds is 7. The molecule has 0 saturated heterocycles. The maximum atomic E-state index is 12.8. The van der Waals surface area contributed by atoms with Gasteiger partial charge >= 0.3 is 11.9 Å². The minimum Gasteiger partial charge on any atom is -0.462 e. The molecule has 0 bridgehead atoms. The van der Waals surface area contributed by atoms with E-state index in [9.17, 15) is 14.4 Å². The number of hydrogen-bond acceptors (Lipinski definition) is 5. The van der Waals surface area contributed by atoms with E-state index in [0.29, 0.717) is 22.4 Å². The lowest BCUT2D eigenvalue weighted by Crippen LogP contribution is -2.25.